The molecule has 5 nitrogen and oxygen atoms in total. The van der Waals surface area contributed by atoms with Crippen molar-refractivity contribution in [2.75, 3.05) is 11.3 Å². The molecular weight excluding hydrogens is 290 g/mol. The van der Waals surface area contributed by atoms with Crippen LogP contribution < -0.4 is 9.46 Å². The molecule has 0 heterocycles. The highest BCUT2D eigenvalue weighted by Gasteiger charge is 2.19. The molecule has 0 bridgehead atoms. The summed E-state index contributed by atoms with van der Waals surface area (Å²) in [6.07, 6.45) is 0. The van der Waals surface area contributed by atoms with E-state index in [4.69, 9.17) is 9.84 Å². The van der Waals surface area contributed by atoms with Gasteiger partial charge in [-0.2, -0.15) is 0 Å². The van der Waals surface area contributed by atoms with Gasteiger partial charge in [0.1, 0.15) is 16.7 Å². The Hall–Kier alpha value is -2.05. The third-order valence-corrected chi connectivity index (χ3v) is 4.59. The summed E-state index contributed by atoms with van der Waals surface area (Å²) in [5.74, 6) is 1.19. The quantitative estimate of drug-likeness (QED) is 0.860. The number of sulfonamides is 1. The molecular formula is C15H17NO4S. The van der Waals surface area contributed by atoms with Crippen LogP contribution in [-0.2, 0) is 10.0 Å². The number of benzene rings is 2. The second-order valence-electron chi connectivity index (χ2n) is 4.58. The lowest BCUT2D eigenvalue weighted by Crippen LogP contribution is -2.28. The van der Waals surface area contributed by atoms with Crippen molar-refractivity contribution in [3.05, 3.63) is 54.6 Å². The number of rotatable bonds is 6. The second-order valence-corrected chi connectivity index (χ2v) is 6.68. The zero-order chi connectivity index (χ0) is 15.3. The molecule has 112 valence electrons. The first-order valence-corrected chi connectivity index (χ1v) is 8.01. The average molecular weight is 307 g/mol. The van der Waals surface area contributed by atoms with Gasteiger partial charge in [-0.05, 0) is 31.2 Å². The van der Waals surface area contributed by atoms with Gasteiger partial charge < -0.3 is 9.84 Å². The van der Waals surface area contributed by atoms with Crippen molar-refractivity contribution in [1.82, 2.24) is 0 Å². The fourth-order valence-electron chi connectivity index (χ4n) is 1.61. The van der Waals surface area contributed by atoms with Gasteiger partial charge in [-0.1, -0.05) is 24.3 Å². The third-order valence-electron chi connectivity index (χ3n) is 2.86. The molecule has 0 saturated heterocycles. The van der Waals surface area contributed by atoms with Crippen LogP contribution in [-0.4, -0.2) is 25.4 Å². The van der Waals surface area contributed by atoms with Crippen LogP contribution >= 0.6 is 0 Å². The standard InChI is InChI=1S/C15H17NO4S/c1-12(11-17)21(18,19)16-13-6-5-9-15(10-13)20-14-7-3-2-4-8-14/h2-10,12,16-17H,11H2,1H3. The van der Waals surface area contributed by atoms with Crippen LogP contribution in [0, 0.1) is 0 Å². The molecule has 0 radical (unpaired) electrons. The van der Waals surface area contributed by atoms with Crippen LogP contribution in [0.25, 0.3) is 0 Å². The van der Waals surface area contributed by atoms with E-state index < -0.39 is 21.9 Å². The molecule has 2 aromatic rings. The molecule has 0 aliphatic carbocycles. The molecule has 1 unspecified atom stereocenters. The lowest BCUT2D eigenvalue weighted by Gasteiger charge is -2.13. The Labute approximate surface area is 124 Å². The van der Waals surface area contributed by atoms with Gasteiger partial charge in [-0.3, -0.25) is 4.72 Å². The van der Waals surface area contributed by atoms with E-state index in [1.807, 2.05) is 30.3 Å². The number of para-hydroxylation sites is 1. The van der Waals surface area contributed by atoms with E-state index in [9.17, 15) is 8.42 Å². The maximum absolute atomic E-state index is 11.9. The van der Waals surface area contributed by atoms with Crippen molar-refractivity contribution in [2.45, 2.75) is 12.2 Å². The van der Waals surface area contributed by atoms with Gasteiger partial charge in [0, 0.05) is 6.07 Å². The molecule has 21 heavy (non-hydrogen) atoms. The number of nitrogens with one attached hydrogen (secondary N) is 1. The maximum atomic E-state index is 11.9. The zero-order valence-corrected chi connectivity index (χ0v) is 12.4. The SMILES string of the molecule is CC(CO)S(=O)(=O)Nc1cccc(Oc2ccccc2)c1. The predicted molar refractivity (Wildman–Crippen MR) is 82.0 cm³/mol. The minimum Gasteiger partial charge on any atom is -0.457 e. The summed E-state index contributed by atoms with van der Waals surface area (Å²) in [5.41, 5.74) is 0.392. The number of hydrogen-bond donors (Lipinski definition) is 2. The number of hydrogen-bond acceptors (Lipinski definition) is 4. The van der Waals surface area contributed by atoms with E-state index in [1.54, 1.807) is 24.3 Å². The molecule has 0 spiro atoms. The lowest BCUT2D eigenvalue weighted by atomic mass is 10.3. The van der Waals surface area contributed by atoms with E-state index in [-0.39, 0.29) is 0 Å². The van der Waals surface area contributed by atoms with Crippen LogP contribution in [0.4, 0.5) is 5.69 Å². The van der Waals surface area contributed by atoms with Crippen molar-refractivity contribution in [3.63, 3.8) is 0 Å². The predicted octanol–water partition coefficient (Wildman–Crippen LogP) is 2.60. The van der Waals surface area contributed by atoms with Gasteiger partial charge in [0.15, 0.2) is 0 Å². The molecule has 0 aliphatic heterocycles. The van der Waals surface area contributed by atoms with Crippen LogP contribution in [0.1, 0.15) is 6.92 Å². The summed E-state index contributed by atoms with van der Waals surface area (Å²) in [5, 5.41) is 8.08. The van der Waals surface area contributed by atoms with Gasteiger partial charge >= 0.3 is 0 Å². The number of anilines is 1. The smallest absolute Gasteiger partial charge is 0.237 e. The third kappa shape index (κ3) is 4.21. The highest BCUT2D eigenvalue weighted by molar-refractivity contribution is 7.93. The summed E-state index contributed by atoms with van der Waals surface area (Å²) >= 11 is 0. The number of ether oxygens (including phenoxy) is 1. The summed E-state index contributed by atoms with van der Waals surface area (Å²) in [6.45, 7) is 1.00. The molecule has 0 aromatic heterocycles. The van der Waals surface area contributed by atoms with Gasteiger partial charge in [0.05, 0.1) is 12.3 Å². The summed E-state index contributed by atoms with van der Waals surface area (Å²) < 4.78 is 31.8. The van der Waals surface area contributed by atoms with Crippen LogP contribution in [0.5, 0.6) is 11.5 Å². The van der Waals surface area contributed by atoms with Crippen LogP contribution in [0.3, 0.4) is 0 Å². The van der Waals surface area contributed by atoms with Crippen molar-refractivity contribution in [1.29, 1.82) is 0 Å². The van der Waals surface area contributed by atoms with Crippen molar-refractivity contribution >= 4 is 15.7 Å². The Balaban J connectivity index is 2.15. The monoisotopic (exact) mass is 307 g/mol. The van der Waals surface area contributed by atoms with E-state index in [1.165, 1.54) is 6.92 Å². The van der Waals surface area contributed by atoms with Crippen molar-refractivity contribution < 1.29 is 18.3 Å². The maximum Gasteiger partial charge on any atom is 0.237 e. The topological polar surface area (TPSA) is 75.6 Å². The first kappa shape index (κ1) is 15.3. The lowest BCUT2D eigenvalue weighted by molar-refractivity contribution is 0.296. The summed E-state index contributed by atoms with van der Waals surface area (Å²) in [4.78, 5) is 0. The first-order chi connectivity index (χ1) is 10.0. The van der Waals surface area contributed by atoms with E-state index in [0.29, 0.717) is 17.2 Å². The highest BCUT2D eigenvalue weighted by atomic mass is 32.2. The van der Waals surface area contributed by atoms with Gasteiger partial charge in [-0.25, -0.2) is 8.42 Å². The largest absolute Gasteiger partial charge is 0.457 e. The van der Waals surface area contributed by atoms with Gasteiger partial charge in [0.25, 0.3) is 0 Å². The molecule has 1 atom stereocenters. The Morgan fingerprint density at radius 2 is 1.76 bits per heavy atom. The molecule has 0 amide bonds. The Bertz CT molecular complexity index is 686. The summed E-state index contributed by atoms with van der Waals surface area (Å²) in [6, 6.07) is 15.9. The molecule has 2 N–H and O–H groups in total. The molecule has 0 saturated carbocycles. The van der Waals surface area contributed by atoms with Crippen LogP contribution in [0.15, 0.2) is 54.6 Å². The molecule has 0 aliphatic rings. The van der Waals surface area contributed by atoms with Crippen molar-refractivity contribution in [3.8, 4) is 11.5 Å². The normalized spacial score (nSPS) is 12.7. The minimum absolute atomic E-state index is 0.392. The Morgan fingerprint density at radius 3 is 2.43 bits per heavy atom. The van der Waals surface area contributed by atoms with Gasteiger partial charge in [-0.15, -0.1) is 0 Å². The van der Waals surface area contributed by atoms with E-state index in [2.05, 4.69) is 4.72 Å². The zero-order valence-electron chi connectivity index (χ0n) is 11.6. The number of aliphatic hydroxyl groups excluding tert-OH is 1. The average Bonchev–Trinajstić information content (AvgIpc) is 2.47. The minimum atomic E-state index is -3.61. The molecule has 2 rings (SSSR count). The van der Waals surface area contributed by atoms with Crippen molar-refractivity contribution in [2.24, 2.45) is 0 Å². The van der Waals surface area contributed by atoms with E-state index >= 15 is 0 Å². The van der Waals surface area contributed by atoms with E-state index in [0.717, 1.165) is 0 Å². The Kier molecular flexibility index (Phi) is 4.82. The number of aliphatic hydroxyl groups is 1. The second kappa shape index (κ2) is 6.60. The van der Waals surface area contributed by atoms with Gasteiger partial charge in [0.2, 0.25) is 10.0 Å². The summed E-state index contributed by atoms with van der Waals surface area (Å²) in [7, 11) is -3.61. The molecule has 2 aromatic carbocycles. The molecule has 6 heteroatoms. The van der Waals surface area contributed by atoms with Crippen LogP contribution in [0.2, 0.25) is 0 Å². The fraction of sp³-hybridized carbons (Fsp3) is 0.200. The fourth-order valence-corrected chi connectivity index (χ4v) is 2.46. The first-order valence-electron chi connectivity index (χ1n) is 6.47. The molecule has 0 fully saturated rings. The Morgan fingerprint density at radius 1 is 1.10 bits per heavy atom. The highest BCUT2D eigenvalue weighted by Crippen LogP contribution is 2.24.